The predicted octanol–water partition coefficient (Wildman–Crippen LogP) is 5.65. The maximum atomic E-state index is 14.6. The Morgan fingerprint density at radius 1 is 1.07 bits per heavy atom. The molecule has 3 aromatic rings. The smallest absolute Gasteiger partial charge is 0.433 e. The number of hydrogen-bond donors (Lipinski definition) is 3. The molecule has 0 saturated heterocycles. The molecule has 0 radical (unpaired) electrons. The van der Waals surface area contributed by atoms with Crippen LogP contribution in [0.25, 0.3) is 11.3 Å². The normalized spacial score (nSPS) is 16.9. The van der Waals surface area contributed by atoms with E-state index >= 15 is 0 Å². The number of benzene rings is 2. The van der Waals surface area contributed by atoms with Gasteiger partial charge in [-0.2, -0.15) is 17.6 Å². The van der Waals surface area contributed by atoms with E-state index in [9.17, 15) is 50.5 Å². The van der Waals surface area contributed by atoms with Crippen molar-refractivity contribution in [1.29, 1.82) is 0 Å². The van der Waals surface area contributed by atoms with Crippen LogP contribution in [0, 0.1) is 11.6 Å². The number of nitrogens with zero attached hydrogens (tertiary/aromatic N) is 4. The van der Waals surface area contributed by atoms with Crippen LogP contribution >= 0.6 is 0 Å². The van der Waals surface area contributed by atoms with Gasteiger partial charge in [-0.25, -0.2) is 28.1 Å². The second kappa shape index (κ2) is 11.1. The molecule has 5 rings (SSSR count). The summed E-state index contributed by atoms with van der Waals surface area (Å²) in [5, 5.41) is 25.2. The quantitative estimate of drug-likeness (QED) is 0.240. The van der Waals surface area contributed by atoms with Gasteiger partial charge in [0.1, 0.15) is 23.4 Å². The fourth-order valence-electron chi connectivity index (χ4n) is 5.16. The number of carbonyl (C=O) groups is 2. The van der Waals surface area contributed by atoms with E-state index in [-0.39, 0.29) is 29.7 Å². The summed E-state index contributed by atoms with van der Waals surface area (Å²) in [5.74, 6) is -6.97. The molecule has 2 amide bonds. The lowest BCUT2D eigenvalue weighted by molar-refractivity contribution is -0.172. The summed E-state index contributed by atoms with van der Waals surface area (Å²) < 4.78 is 95.7. The lowest BCUT2D eigenvalue weighted by Crippen LogP contribution is -2.65. The zero-order valence-corrected chi connectivity index (χ0v) is 22.6. The number of aromatic hydroxyl groups is 1. The Morgan fingerprint density at radius 2 is 1.77 bits per heavy atom. The van der Waals surface area contributed by atoms with E-state index in [0.29, 0.717) is 18.8 Å². The van der Waals surface area contributed by atoms with Gasteiger partial charge in [0.05, 0.1) is 23.5 Å². The third-order valence-electron chi connectivity index (χ3n) is 7.75. The van der Waals surface area contributed by atoms with Crippen LogP contribution in [0.2, 0.25) is 0 Å². The molecular weight excluding hydrogens is 603 g/mol. The lowest BCUT2D eigenvalue weighted by Gasteiger charge is -2.54. The van der Waals surface area contributed by atoms with Crippen LogP contribution in [-0.2, 0) is 22.3 Å². The number of halogens is 7. The van der Waals surface area contributed by atoms with Crippen molar-refractivity contribution in [2.24, 2.45) is 0 Å². The molecule has 0 bridgehead atoms. The van der Waals surface area contributed by atoms with Crippen LogP contribution in [-0.4, -0.2) is 54.6 Å². The molecule has 1 aromatic heterocycles. The minimum Gasteiger partial charge on any atom is -0.509 e. The first kappa shape index (κ1) is 30.7. The van der Waals surface area contributed by atoms with Crippen molar-refractivity contribution in [3.63, 3.8) is 0 Å². The van der Waals surface area contributed by atoms with Crippen LogP contribution in [0.5, 0.6) is 5.75 Å². The van der Waals surface area contributed by atoms with Crippen molar-refractivity contribution in [2.45, 2.75) is 43.9 Å². The summed E-state index contributed by atoms with van der Waals surface area (Å²) in [5.41, 5.74) is -5.57. The van der Waals surface area contributed by atoms with Crippen molar-refractivity contribution >= 4 is 17.5 Å². The largest absolute Gasteiger partial charge is 0.509 e. The number of alkyl halides is 5. The highest BCUT2D eigenvalue weighted by Gasteiger charge is 2.55. The third kappa shape index (κ3) is 5.18. The second-order valence-electron chi connectivity index (χ2n) is 10.2. The molecule has 2 aromatic carbocycles. The molecule has 1 spiro atoms. The number of hydrogen-bond acceptors (Lipinski definition) is 7. The Bertz CT molecular complexity index is 1690. The Hall–Kier alpha value is -4.73. The molecule has 1 aliphatic heterocycles. The van der Waals surface area contributed by atoms with Gasteiger partial charge in [-0.3, -0.25) is 14.6 Å². The minimum atomic E-state index is -4.90. The van der Waals surface area contributed by atoms with Gasteiger partial charge < -0.3 is 15.5 Å². The number of anilines is 1. The number of phenolic OH excluding ortho intramolecular Hbond substituents is 1. The van der Waals surface area contributed by atoms with Gasteiger partial charge in [-0.15, -0.1) is 0 Å². The minimum absolute atomic E-state index is 0.262. The van der Waals surface area contributed by atoms with Gasteiger partial charge >= 0.3 is 6.18 Å². The predicted molar refractivity (Wildman–Crippen MR) is 139 cm³/mol. The monoisotopic (exact) mass is 625 g/mol. The van der Waals surface area contributed by atoms with E-state index in [1.165, 1.54) is 12.1 Å². The summed E-state index contributed by atoms with van der Waals surface area (Å²) in [6, 6.07) is 5.11. The molecule has 1 aliphatic carbocycles. The van der Waals surface area contributed by atoms with Gasteiger partial charge in [-0.05, 0) is 43.5 Å². The molecule has 16 heteroatoms. The van der Waals surface area contributed by atoms with Gasteiger partial charge in [0.25, 0.3) is 18.2 Å². The first-order valence-electron chi connectivity index (χ1n) is 12.9. The van der Waals surface area contributed by atoms with E-state index in [0.717, 1.165) is 35.3 Å². The third-order valence-corrected chi connectivity index (χ3v) is 7.75. The fraction of sp³-hybridized carbons (Fsp3) is 0.286. The number of amides is 2. The number of aliphatic hydroxyl groups excluding tert-OH is 1. The summed E-state index contributed by atoms with van der Waals surface area (Å²) in [7, 11) is 1.41. The average molecular weight is 626 g/mol. The zero-order valence-electron chi connectivity index (χ0n) is 22.6. The van der Waals surface area contributed by atoms with E-state index in [2.05, 4.69) is 15.3 Å². The molecule has 232 valence electrons. The number of nitrogens with one attached hydrogen (secondary N) is 1. The number of aliphatic hydroxyl groups is 1. The molecule has 0 atom stereocenters. The number of hydrazine groups is 1. The highest BCUT2D eigenvalue weighted by molar-refractivity contribution is 6.24. The van der Waals surface area contributed by atoms with Crippen LogP contribution in [0.4, 0.5) is 36.4 Å². The van der Waals surface area contributed by atoms with Crippen molar-refractivity contribution in [2.75, 3.05) is 12.4 Å². The molecule has 0 unspecified atom stereocenters. The SMILES string of the molecule is CN1N(Cc2ccc(O)c(F)c2F)C(=O)C(C(=O)Nc2ccc(C(F)F)cc2-c2cc(C(F)(F)F)ncn2)=C(O)C12CCC2. The molecule has 44 heavy (non-hydrogen) atoms. The molecule has 1 fully saturated rings. The Kier molecular flexibility index (Phi) is 7.73. The first-order chi connectivity index (χ1) is 20.7. The summed E-state index contributed by atoms with van der Waals surface area (Å²) >= 11 is 0. The summed E-state index contributed by atoms with van der Waals surface area (Å²) in [4.78, 5) is 34.1. The molecule has 3 N–H and O–H groups in total. The topological polar surface area (TPSA) is 119 Å². The van der Waals surface area contributed by atoms with Gasteiger partial charge in [-0.1, -0.05) is 12.1 Å². The fourth-order valence-corrected chi connectivity index (χ4v) is 5.16. The van der Waals surface area contributed by atoms with Crippen molar-refractivity contribution in [3.8, 4) is 17.0 Å². The lowest BCUT2D eigenvalue weighted by atomic mass is 9.72. The standard InChI is InChI=1S/C28H22F7N5O4/c1-39-27(7-2-8-27)23(42)20(26(44)40(39)11-14-4-6-18(41)22(30)21(14)29)25(43)38-16-5-3-13(24(31)32)9-15(16)17-10-19(28(33,34)35)37-12-36-17/h3-6,9-10,12,24,41-42H,2,7-8,11H2,1H3,(H,38,43). The molecule has 9 nitrogen and oxygen atoms in total. The van der Waals surface area contributed by atoms with E-state index < -0.39 is 82.2 Å². The molecule has 1 saturated carbocycles. The van der Waals surface area contributed by atoms with Gasteiger partial charge in [0, 0.05) is 23.7 Å². The van der Waals surface area contributed by atoms with E-state index in [1.54, 1.807) is 0 Å². The van der Waals surface area contributed by atoms with E-state index in [1.807, 2.05) is 0 Å². The van der Waals surface area contributed by atoms with Crippen LogP contribution < -0.4 is 5.32 Å². The maximum Gasteiger partial charge on any atom is 0.433 e. The first-order valence-corrected chi connectivity index (χ1v) is 12.9. The van der Waals surface area contributed by atoms with Crippen molar-refractivity contribution < 1.29 is 50.5 Å². The van der Waals surface area contributed by atoms with E-state index in [4.69, 9.17) is 0 Å². The highest BCUT2D eigenvalue weighted by atomic mass is 19.4. The zero-order chi connectivity index (χ0) is 32.1. The number of rotatable bonds is 6. The Balaban J connectivity index is 1.55. The highest BCUT2D eigenvalue weighted by Crippen LogP contribution is 2.47. The summed E-state index contributed by atoms with van der Waals surface area (Å²) in [6.07, 6.45) is -6.28. The molecular formula is C28H22F7N5O4. The maximum absolute atomic E-state index is 14.6. The number of phenols is 1. The molecule has 2 aliphatic rings. The Morgan fingerprint density at radius 3 is 2.39 bits per heavy atom. The molecule has 2 heterocycles. The van der Waals surface area contributed by atoms with Crippen LogP contribution in [0.15, 0.2) is 54.1 Å². The second-order valence-corrected chi connectivity index (χ2v) is 10.2. The number of carbonyl (C=O) groups excluding carboxylic acids is 2. The Labute approximate surface area is 244 Å². The van der Waals surface area contributed by atoms with Crippen LogP contribution in [0.3, 0.4) is 0 Å². The number of aromatic nitrogens is 2. The van der Waals surface area contributed by atoms with Gasteiger partial charge in [0.15, 0.2) is 11.6 Å². The van der Waals surface area contributed by atoms with Crippen LogP contribution in [0.1, 0.15) is 42.5 Å². The van der Waals surface area contributed by atoms with Crippen molar-refractivity contribution in [1.82, 2.24) is 20.0 Å². The summed E-state index contributed by atoms with van der Waals surface area (Å²) in [6.45, 7) is -0.611. The number of likely N-dealkylation sites (N-methyl/N-ethyl adjacent to an activating group) is 1. The average Bonchev–Trinajstić information content (AvgIpc) is 2.94. The van der Waals surface area contributed by atoms with Crippen molar-refractivity contribution in [3.05, 3.63) is 82.5 Å². The van der Waals surface area contributed by atoms with Gasteiger partial charge in [0.2, 0.25) is 5.82 Å².